The number of ketones is 1. The molecule has 3 N–H and O–H groups in total. The van der Waals surface area contributed by atoms with Gasteiger partial charge in [-0.05, 0) is 18.2 Å². The van der Waals surface area contributed by atoms with Crippen LogP contribution in [0.5, 0.6) is 0 Å². The molecule has 1 aromatic carbocycles. The molecular weight excluding hydrogens is 478 g/mol. The highest BCUT2D eigenvalue weighted by Crippen LogP contribution is 3.02. The van der Waals surface area contributed by atoms with Crippen molar-refractivity contribution in [3.05, 3.63) is 35.7 Å². The zero-order valence-electron chi connectivity index (χ0n) is 16.1. The van der Waals surface area contributed by atoms with Crippen LogP contribution >= 0.6 is 10.2 Å². The van der Waals surface area contributed by atoms with Gasteiger partial charge in [0.05, 0.1) is 5.56 Å². The summed E-state index contributed by atoms with van der Waals surface area (Å²) in [5.41, 5.74) is -1.86. The van der Waals surface area contributed by atoms with E-state index in [-0.39, 0.29) is 12.1 Å². The predicted molar refractivity (Wildman–Crippen MR) is 98.3 cm³/mol. The maximum atomic E-state index is 13.2. The number of hydrazine groups is 1. The minimum absolute atomic E-state index is 0.156. The smallest absolute Gasteiger partial charge is 0.294 e. The second kappa shape index (κ2) is 7.26. The van der Waals surface area contributed by atoms with Gasteiger partial charge >= 0.3 is 16.4 Å². The summed E-state index contributed by atoms with van der Waals surface area (Å²) in [5.74, 6) is 1.72. The second-order valence-electron chi connectivity index (χ2n) is 6.80. The number of halogens is 8. The topological polar surface area (TPSA) is 103 Å². The molecule has 7 nitrogen and oxygen atoms in total. The van der Waals surface area contributed by atoms with Gasteiger partial charge in [0.15, 0.2) is 11.6 Å². The molecule has 0 bridgehead atoms. The van der Waals surface area contributed by atoms with E-state index in [9.17, 15) is 42.2 Å². The van der Waals surface area contributed by atoms with E-state index in [0.717, 1.165) is 12.5 Å². The van der Waals surface area contributed by atoms with Gasteiger partial charge < -0.3 is 0 Å². The zero-order valence-corrected chi connectivity index (χ0v) is 16.9. The van der Waals surface area contributed by atoms with E-state index in [0.29, 0.717) is 4.68 Å². The van der Waals surface area contributed by atoms with Gasteiger partial charge in [0.25, 0.3) is 5.91 Å². The number of hydrogen-bond acceptors (Lipinski definition) is 5. The van der Waals surface area contributed by atoms with Crippen molar-refractivity contribution in [1.29, 1.82) is 0 Å². The Balaban J connectivity index is 2.66. The highest BCUT2D eigenvalue weighted by Gasteiger charge is 2.66. The third-order valence-corrected chi connectivity index (χ3v) is 5.00. The number of amides is 1. The maximum Gasteiger partial charge on any atom is 0.416 e. The van der Waals surface area contributed by atoms with Gasteiger partial charge in [-0.15, -0.1) is 5.10 Å². The van der Waals surface area contributed by atoms with E-state index in [1.54, 1.807) is 5.43 Å². The standard InChI is InChI=1S/C16H15F8N5O2S/c1-8(2)13(30)12(15(31)27-25)6-29-7-26-14(28-29)9-3-10(16(17,18)19)5-11(4-9)32(20,21,22,23)24/h3-8H,25H2,1-2H3,(H,27,31). The molecule has 1 aromatic heterocycles. The summed E-state index contributed by atoms with van der Waals surface area (Å²) in [5, 5.41) is 3.56. The molecule has 0 unspecified atom stereocenters. The Kier molecular flexibility index (Phi) is 5.73. The number of benzene rings is 1. The van der Waals surface area contributed by atoms with Crippen molar-refractivity contribution in [2.24, 2.45) is 11.8 Å². The Morgan fingerprint density at radius 1 is 1.12 bits per heavy atom. The number of carbonyl (C=O) groups is 2. The minimum Gasteiger partial charge on any atom is -0.294 e. The molecule has 0 aliphatic carbocycles. The summed E-state index contributed by atoms with van der Waals surface area (Å²) in [6, 6.07) is -0.761. The molecular formula is C16H15F8N5O2S. The fraction of sp³-hybridized carbons (Fsp3) is 0.250. The van der Waals surface area contributed by atoms with Crippen LogP contribution in [0.4, 0.5) is 32.6 Å². The Hall–Kier alpha value is -3.01. The van der Waals surface area contributed by atoms with E-state index in [1.807, 2.05) is 0 Å². The number of Topliss-reactive ketones (excluding diaryl/α,β-unsaturated/α-hetero) is 1. The van der Waals surface area contributed by atoms with Crippen LogP contribution in [0, 0.1) is 5.92 Å². The lowest BCUT2D eigenvalue weighted by atomic mass is 10.0. The lowest BCUT2D eigenvalue weighted by molar-refractivity contribution is -0.137. The Morgan fingerprint density at radius 3 is 2.19 bits per heavy atom. The van der Waals surface area contributed by atoms with Crippen molar-refractivity contribution in [1.82, 2.24) is 20.2 Å². The van der Waals surface area contributed by atoms with Crippen LogP contribution in [0.1, 0.15) is 19.4 Å². The molecule has 1 heterocycles. The molecule has 0 radical (unpaired) electrons. The lowest BCUT2D eigenvalue weighted by Gasteiger charge is -2.40. The molecule has 0 saturated carbocycles. The van der Waals surface area contributed by atoms with Crippen LogP contribution < -0.4 is 11.3 Å². The van der Waals surface area contributed by atoms with Crippen molar-refractivity contribution in [2.75, 3.05) is 0 Å². The van der Waals surface area contributed by atoms with Gasteiger partial charge in [-0.2, -0.15) is 13.2 Å². The molecule has 0 fully saturated rings. The van der Waals surface area contributed by atoms with Crippen LogP contribution in [0.2, 0.25) is 0 Å². The first-order valence-electron chi connectivity index (χ1n) is 8.38. The monoisotopic (exact) mass is 493 g/mol. The molecule has 1 amide bonds. The molecule has 16 heteroatoms. The fourth-order valence-corrected chi connectivity index (χ4v) is 3.04. The predicted octanol–water partition coefficient (Wildman–Crippen LogP) is 4.68. The number of hydrogen-bond donors (Lipinski definition) is 2. The number of nitrogens with one attached hydrogen (secondary N) is 1. The number of nitrogens with zero attached hydrogens (tertiary/aromatic N) is 3. The summed E-state index contributed by atoms with van der Waals surface area (Å²) in [6.45, 7) is 2.88. The molecule has 0 aliphatic rings. The molecule has 178 valence electrons. The molecule has 32 heavy (non-hydrogen) atoms. The molecule has 2 aromatic rings. The van der Waals surface area contributed by atoms with Crippen molar-refractivity contribution < 1.29 is 42.2 Å². The Labute approximate surface area is 175 Å². The number of alkyl halides is 3. The van der Waals surface area contributed by atoms with Crippen molar-refractivity contribution in [3.63, 3.8) is 0 Å². The van der Waals surface area contributed by atoms with Crippen LogP contribution in [-0.2, 0) is 15.8 Å². The third kappa shape index (κ3) is 5.82. The average molecular weight is 493 g/mol. The van der Waals surface area contributed by atoms with Crippen molar-refractivity contribution >= 4 is 28.1 Å². The van der Waals surface area contributed by atoms with Gasteiger partial charge in [-0.3, -0.25) is 15.0 Å². The highest BCUT2D eigenvalue weighted by molar-refractivity contribution is 8.45. The highest BCUT2D eigenvalue weighted by atomic mass is 32.5. The molecule has 0 saturated heterocycles. The summed E-state index contributed by atoms with van der Waals surface area (Å²) < 4.78 is 106. The summed E-state index contributed by atoms with van der Waals surface area (Å²) >= 11 is 0. The molecule has 2 rings (SSSR count). The normalized spacial score (nSPS) is 15.3. The number of carbonyl (C=O) groups excluding carboxylic acids is 2. The lowest BCUT2D eigenvalue weighted by Crippen LogP contribution is -2.35. The van der Waals surface area contributed by atoms with E-state index in [4.69, 9.17) is 5.84 Å². The van der Waals surface area contributed by atoms with Crippen LogP contribution in [0.3, 0.4) is 0 Å². The summed E-state index contributed by atoms with van der Waals surface area (Å²) in [6.07, 6.45) is -3.86. The molecule has 0 spiro atoms. The quantitative estimate of drug-likeness (QED) is 0.116. The third-order valence-electron chi connectivity index (χ3n) is 3.87. The second-order valence-corrected chi connectivity index (χ2v) is 9.21. The molecule has 0 aliphatic heterocycles. The van der Waals surface area contributed by atoms with E-state index >= 15 is 0 Å². The van der Waals surface area contributed by atoms with Crippen LogP contribution in [-0.4, -0.2) is 26.5 Å². The number of aromatic nitrogens is 3. The first-order chi connectivity index (χ1) is 14.2. The van der Waals surface area contributed by atoms with Gasteiger partial charge in [0.2, 0.25) is 0 Å². The van der Waals surface area contributed by atoms with E-state index < -0.39 is 67.5 Å². The maximum absolute atomic E-state index is 13.2. The van der Waals surface area contributed by atoms with Crippen molar-refractivity contribution in [2.45, 2.75) is 24.9 Å². The van der Waals surface area contributed by atoms with Gasteiger partial charge in [0, 0.05) is 17.7 Å². The SMILES string of the molecule is CC(C)C(=O)C(=Cn1cnc(-c2cc(C(F)(F)F)cc(S(F)(F)(F)(F)F)c2)n1)C(=O)NN. The van der Waals surface area contributed by atoms with Crippen molar-refractivity contribution in [3.8, 4) is 11.4 Å². The number of rotatable bonds is 6. The number of nitrogens with two attached hydrogens (primary N) is 1. The first-order valence-corrected chi connectivity index (χ1v) is 10.3. The van der Waals surface area contributed by atoms with Gasteiger partial charge in [-0.1, -0.05) is 33.3 Å². The van der Waals surface area contributed by atoms with E-state index in [1.165, 1.54) is 13.8 Å². The Morgan fingerprint density at radius 2 is 1.72 bits per heavy atom. The molecule has 0 atom stereocenters. The van der Waals surface area contributed by atoms with Crippen LogP contribution in [0.15, 0.2) is 35.0 Å². The van der Waals surface area contributed by atoms with Crippen LogP contribution in [0.25, 0.3) is 17.6 Å². The Bertz CT molecular complexity index is 1110. The van der Waals surface area contributed by atoms with E-state index in [2.05, 4.69) is 10.1 Å². The minimum atomic E-state index is -10.5. The largest absolute Gasteiger partial charge is 0.416 e. The average Bonchev–Trinajstić information content (AvgIpc) is 3.10. The zero-order chi connectivity index (χ0) is 24.8. The summed E-state index contributed by atoms with van der Waals surface area (Å²) in [4.78, 5) is 24.6. The first kappa shape index (κ1) is 25.3. The fourth-order valence-electron chi connectivity index (χ4n) is 2.34. The van der Waals surface area contributed by atoms with Gasteiger partial charge in [0.1, 0.15) is 16.8 Å². The van der Waals surface area contributed by atoms with Gasteiger partial charge in [-0.25, -0.2) is 15.5 Å². The summed E-state index contributed by atoms with van der Waals surface area (Å²) in [7, 11) is -10.5.